The van der Waals surface area contributed by atoms with Crippen molar-refractivity contribution in [3.63, 3.8) is 0 Å². The molecular formula is C8H11F3N2O. The molecule has 1 aromatic heterocycles. The maximum atomic E-state index is 12.4. The predicted octanol–water partition coefficient (Wildman–Crippen LogP) is 1.80. The molecule has 0 aromatic carbocycles. The van der Waals surface area contributed by atoms with E-state index in [1.165, 1.54) is 20.9 Å². The van der Waals surface area contributed by atoms with Crippen LogP contribution in [0.4, 0.5) is 13.2 Å². The lowest BCUT2D eigenvalue weighted by Crippen LogP contribution is -2.13. The Bertz CT molecular complexity index is 341. The second kappa shape index (κ2) is 3.27. The molecule has 14 heavy (non-hydrogen) atoms. The van der Waals surface area contributed by atoms with E-state index < -0.39 is 18.0 Å². The molecule has 1 unspecified atom stereocenters. The normalized spacial score (nSPS) is 14.5. The van der Waals surface area contributed by atoms with Crippen LogP contribution in [0.1, 0.15) is 30.0 Å². The molecule has 0 radical (unpaired) electrons. The highest BCUT2D eigenvalue weighted by atomic mass is 19.4. The lowest BCUT2D eigenvalue weighted by Gasteiger charge is -2.07. The molecule has 1 heterocycles. The van der Waals surface area contributed by atoms with Crippen LogP contribution in [0.5, 0.6) is 0 Å². The van der Waals surface area contributed by atoms with Crippen molar-refractivity contribution in [1.82, 2.24) is 9.78 Å². The number of aromatic nitrogens is 2. The zero-order chi connectivity index (χ0) is 11.1. The number of halogens is 3. The van der Waals surface area contributed by atoms with Gasteiger partial charge in [-0.05, 0) is 13.8 Å². The Balaban J connectivity index is 3.33. The second-order valence-corrected chi connectivity index (χ2v) is 3.16. The number of hydrogen-bond donors (Lipinski definition) is 1. The van der Waals surface area contributed by atoms with Crippen molar-refractivity contribution < 1.29 is 18.3 Å². The van der Waals surface area contributed by atoms with Gasteiger partial charge in [-0.25, -0.2) is 0 Å². The highest BCUT2D eigenvalue weighted by Gasteiger charge is 2.38. The Morgan fingerprint density at radius 3 is 2.14 bits per heavy atom. The molecule has 0 aliphatic carbocycles. The molecule has 0 saturated heterocycles. The van der Waals surface area contributed by atoms with Crippen LogP contribution in [0.25, 0.3) is 0 Å². The third-order valence-electron chi connectivity index (χ3n) is 1.98. The van der Waals surface area contributed by atoms with Crippen LogP contribution in [0.2, 0.25) is 0 Å². The van der Waals surface area contributed by atoms with E-state index in [2.05, 4.69) is 5.10 Å². The summed E-state index contributed by atoms with van der Waals surface area (Å²) in [7, 11) is 1.21. The van der Waals surface area contributed by atoms with Crippen LogP contribution < -0.4 is 0 Å². The van der Waals surface area contributed by atoms with Gasteiger partial charge in [0.05, 0.1) is 11.8 Å². The number of aliphatic hydroxyl groups excluding tert-OH is 1. The Morgan fingerprint density at radius 1 is 1.43 bits per heavy atom. The molecule has 3 nitrogen and oxygen atoms in total. The molecule has 1 N–H and O–H groups in total. The van der Waals surface area contributed by atoms with E-state index >= 15 is 0 Å². The van der Waals surface area contributed by atoms with Crippen LogP contribution in [0.15, 0.2) is 0 Å². The van der Waals surface area contributed by atoms with Crippen LogP contribution in [-0.4, -0.2) is 14.9 Å². The van der Waals surface area contributed by atoms with E-state index in [9.17, 15) is 13.2 Å². The van der Waals surface area contributed by atoms with E-state index in [0.29, 0.717) is 0 Å². The summed E-state index contributed by atoms with van der Waals surface area (Å²) in [6.07, 6.45) is -5.42. The molecule has 0 aliphatic rings. The summed E-state index contributed by atoms with van der Waals surface area (Å²) in [5.74, 6) is 0. The molecule has 0 fully saturated rings. The Hall–Kier alpha value is -1.04. The van der Waals surface area contributed by atoms with Crippen LogP contribution in [0.3, 0.4) is 0 Å². The van der Waals surface area contributed by atoms with Gasteiger partial charge in [-0.1, -0.05) is 0 Å². The zero-order valence-electron chi connectivity index (χ0n) is 8.05. The summed E-state index contributed by atoms with van der Waals surface area (Å²) in [5.41, 5.74) is -0.761. The molecule has 1 rings (SSSR count). The standard InChI is InChI=1S/C8H11F3N2O/c1-4-6(5(2)14)12-13(3)7(4)8(9,10)11/h5,14H,1-3H3. The number of nitrogens with zero attached hydrogens (tertiary/aromatic N) is 2. The molecule has 1 aromatic rings. The third-order valence-corrected chi connectivity index (χ3v) is 1.98. The van der Waals surface area contributed by atoms with Gasteiger partial charge in [-0.15, -0.1) is 0 Å². The van der Waals surface area contributed by atoms with Gasteiger partial charge in [-0.3, -0.25) is 4.68 Å². The first kappa shape index (κ1) is 11.0. The molecule has 0 saturated carbocycles. The first-order valence-corrected chi connectivity index (χ1v) is 4.04. The van der Waals surface area contributed by atoms with E-state index in [0.717, 1.165) is 4.68 Å². The third kappa shape index (κ3) is 1.75. The summed E-state index contributed by atoms with van der Waals surface area (Å²) in [4.78, 5) is 0. The maximum absolute atomic E-state index is 12.4. The summed E-state index contributed by atoms with van der Waals surface area (Å²) in [6, 6.07) is 0. The monoisotopic (exact) mass is 208 g/mol. The van der Waals surface area contributed by atoms with Gasteiger partial charge in [0, 0.05) is 12.6 Å². The van der Waals surface area contributed by atoms with Crippen molar-refractivity contribution in [3.8, 4) is 0 Å². The summed E-state index contributed by atoms with van der Waals surface area (Å²) >= 11 is 0. The Morgan fingerprint density at radius 2 is 1.93 bits per heavy atom. The fourth-order valence-electron chi connectivity index (χ4n) is 1.44. The van der Waals surface area contributed by atoms with Crippen molar-refractivity contribution in [2.75, 3.05) is 0 Å². The fourth-order valence-corrected chi connectivity index (χ4v) is 1.44. The minimum Gasteiger partial charge on any atom is -0.387 e. The SMILES string of the molecule is Cc1c(C(C)O)nn(C)c1C(F)(F)F. The van der Waals surface area contributed by atoms with Crippen LogP contribution in [-0.2, 0) is 13.2 Å². The highest BCUT2D eigenvalue weighted by Crippen LogP contribution is 2.33. The van der Waals surface area contributed by atoms with Crippen molar-refractivity contribution in [3.05, 3.63) is 17.0 Å². The Kier molecular flexibility index (Phi) is 2.58. The number of aryl methyl sites for hydroxylation is 1. The predicted molar refractivity (Wildman–Crippen MR) is 43.6 cm³/mol. The summed E-state index contributed by atoms with van der Waals surface area (Å²) in [5, 5.41) is 12.8. The average molecular weight is 208 g/mol. The second-order valence-electron chi connectivity index (χ2n) is 3.16. The van der Waals surface area contributed by atoms with Gasteiger partial charge in [0.15, 0.2) is 0 Å². The van der Waals surface area contributed by atoms with Crippen LogP contribution >= 0.6 is 0 Å². The molecule has 6 heteroatoms. The van der Waals surface area contributed by atoms with Gasteiger partial charge in [-0.2, -0.15) is 18.3 Å². The van der Waals surface area contributed by atoms with E-state index in [4.69, 9.17) is 5.11 Å². The first-order chi connectivity index (χ1) is 6.25. The fraction of sp³-hybridized carbons (Fsp3) is 0.625. The minimum atomic E-state index is -4.43. The number of rotatable bonds is 1. The minimum absolute atomic E-state index is 0.0185. The largest absolute Gasteiger partial charge is 0.433 e. The van der Waals surface area contributed by atoms with Gasteiger partial charge < -0.3 is 5.11 Å². The van der Waals surface area contributed by atoms with Crippen molar-refractivity contribution >= 4 is 0 Å². The quantitative estimate of drug-likeness (QED) is 0.764. The molecule has 0 bridgehead atoms. The lowest BCUT2D eigenvalue weighted by molar-refractivity contribution is -0.144. The van der Waals surface area contributed by atoms with Crippen molar-refractivity contribution in [2.45, 2.75) is 26.1 Å². The van der Waals surface area contributed by atoms with Crippen molar-refractivity contribution in [1.29, 1.82) is 0 Å². The molecular weight excluding hydrogens is 197 g/mol. The number of alkyl halides is 3. The van der Waals surface area contributed by atoms with Gasteiger partial charge in [0.2, 0.25) is 0 Å². The molecule has 1 atom stereocenters. The molecule has 0 aliphatic heterocycles. The topological polar surface area (TPSA) is 38.1 Å². The molecule has 0 amide bonds. The summed E-state index contributed by atoms with van der Waals surface area (Å²) < 4.78 is 38.1. The maximum Gasteiger partial charge on any atom is 0.433 e. The Labute approximate surface area is 79.2 Å². The molecule has 0 spiro atoms. The summed E-state index contributed by atoms with van der Waals surface area (Å²) in [6.45, 7) is 2.69. The van der Waals surface area contributed by atoms with E-state index in [-0.39, 0.29) is 11.3 Å². The lowest BCUT2D eigenvalue weighted by atomic mass is 10.1. The van der Waals surface area contributed by atoms with Crippen LogP contribution in [0, 0.1) is 6.92 Å². The van der Waals surface area contributed by atoms with E-state index in [1.54, 1.807) is 0 Å². The number of hydrogen-bond acceptors (Lipinski definition) is 2. The molecule has 80 valence electrons. The van der Waals surface area contributed by atoms with Gasteiger partial charge in [0.1, 0.15) is 5.69 Å². The average Bonchev–Trinajstić information content (AvgIpc) is 2.24. The zero-order valence-corrected chi connectivity index (χ0v) is 8.05. The number of aliphatic hydroxyl groups is 1. The first-order valence-electron chi connectivity index (χ1n) is 4.04. The van der Waals surface area contributed by atoms with Gasteiger partial charge in [0.25, 0.3) is 0 Å². The van der Waals surface area contributed by atoms with Gasteiger partial charge >= 0.3 is 6.18 Å². The van der Waals surface area contributed by atoms with Crippen molar-refractivity contribution in [2.24, 2.45) is 7.05 Å². The highest BCUT2D eigenvalue weighted by molar-refractivity contribution is 5.28. The van der Waals surface area contributed by atoms with E-state index in [1.807, 2.05) is 0 Å². The smallest absolute Gasteiger partial charge is 0.387 e.